The molecule has 0 bridgehead atoms. The molecule has 0 unspecified atom stereocenters. The van der Waals surface area contributed by atoms with Gasteiger partial charge in [0.05, 0.1) is 0 Å². The van der Waals surface area contributed by atoms with Gasteiger partial charge in [-0.15, -0.1) is 0 Å². The molecule has 3 aromatic rings. The lowest BCUT2D eigenvalue weighted by atomic mass is 10.1. The van der Waals surface area contributed by atoms with E-state index in [-0.39, 0.29) is 11.9 Å². The van der Waals surface area contributed by atoms with Crippen LogP contribution in [0.15, 0.2) is 27.1 Å². The Morgan fingerprint density at radius 3 is 2.79 bits per heavy atom. The molecule has 0 saturated carbocycles. The van der Waals surface area contributed by atoms with Gasteiger partial charge in [0.25, 0.3) is 5.91 Å². The molecule has 0 aliphatic carbocycles. The molecule has 7 nitrogen and oxygen atoms in total. The molecule has 0 aliphatic rings. The summed E-state index contributed by atoms with van der Waals surface area (Å²) in [6, 6.07) is 4.77. The molecule has 0 spiro atoms. The Hall–Kier alpha value is -2.70. The molecule has 1 aromatic carbocycles. The second-order valence-electron chi connectivity index (χ2n) is 6.26. The number of carbonyl (C=O) groups excluding carboxylic acids is 1. The molecule has 24 heavy (non-hydrogen) atoms. The maximum atomic E-state index is 12.4. The summed E-state index contributed by atoms with van der Waals surface area (Å²) in [5, 5.41) is 6.79. The van der Waals surface area contributed by atoms with Crippen LogP contribution in [-0.2, 0) is 6.42 Å². The van der Waals surface area contributed by atoms with Crippen molar-refractivity contribution in [2.24, 2.45) is 5.92 Å². The first kappa shape index (κ1) is 16.2. The quantitative estimate of drug-likeness (QED) is 0.773. The van der Waals surface area contributed by atoms with Gasteiger partial charge in [-0.3, -0.25) is 4.79 Å². The number of benzene rings is 1. The topological polar surface area (TPSA) is 94.1 Å². The number of nitrogens with zero attached hydrogens (tertiary/aromatic N) is 3. The highest BCUT2D eigenvalue weighted by Gasteiger charge is 2.18. The fourth-order valence-electron chi connectivity index (χ4n) is 2.41. The number of rotatable bonds is 5. The number of carbonyl (C=O) groups is 1. The Bertz CT molecular complexity index is 866. The van der Waals surface area contributed by atoms with E-state index < -0.39 is 0 Å². The highest BCUT2D eigenvalue weighted by molar-refractivity contribution is 5.97. The molecule has 2 aromatic heterocycles. The molecule has 1 amide bonds. The zero-order chi connectivity index (χ0) is 17.3. The first-order valence-corrected chi connectivity index (χ1v) is 7.93. The lowest BCUT2D eigenvalue weighted by molar-refractivity contribution is 0.0932. The Balaban J connectivity index is 1.71. The van der Waals surface area contributed by atoms with Crippen LogP contribution < -0.4 is 5.32 Å². The van der Waals surface area contributed by atoms with Crippen LogP contribution >= 0.6 is 0 Å². The third-order valence-corrected chi connectivity index (χ3v) is 3.55. The van der Waals surface area contributed by atoms with Gasteiger partial charge in [-0.1, -0.05) is 19.0 Å². The Kier molecular flexibility index (Phi) is 4.33. The lowest BCUT2D eigenvalue weighted by Crippen LogP contribution is -2.26. The maximum absolute atomic E-state index is 12.4. The third kappa shape index (κ3) is 3.45. The number of nitrogens with one attached hydrogen (secondary N) is 1. The van der Waals surface area contributed by atoms with E-state index >= 15 is 0 Å². The minimum Gasteiger partial charge on any atom is -0.441 e. The maximum Gasteiger partial charge on any atom is 0.252 e. The second kappa shape index (κ2) is 6.43. The van der Waals surface area contributed by atoms with Gasteiger partial charge in [0.15, 0.2) is 17.3 Å². The molecule has 126 valence electrons. The Morgan fingerprint density at radius 1 is 1.25 bits per heavy atom. The standard InChI is InChI=1S/C17H20N4O3/c1-9(2)7-15-20-17(24-21-15)10(3)18-16(22)12-5-6-13-14(8-12)23-11(4)19-13/h5-6,8-10H,7H2,1-4H3,(H,18,22)/t10-/m1/s1. The van der Waals surface area contributed by atoms with Crippen LogP contribution in [-0.4, -0.2) is 21.0 Å². The van der Waals surface area contributed by atoms with Gasteiger partial charge in [0.2, 0.25) is 5.89 Å². The smallest absolute Gasteiger partial charge is 0.252 e. The SMILES string of the molecule is Cc1nc2ccc(C(=O)N[C@H](C)c3nc(CC(C)C)no3)cc2o1. The van der Waals surface area contributed by atoms with Crippen LogP contribution in [0.1, 0.15) is 54.8 Å². The van der Waals surface area contributed by atoms with Crippen molar-refractivity contribution in [1.29, 1.82) is 0 Å². The average Bonchev–Trinajstić information content (AvgIpc) is 3.10. The minimum absolute atomic E-state index is 0.234. The molecule has 0 aliphatic heterocycles. The van der Waals surface area contributed by atoms with E-state index in [1.165, 1.54) is 0 Å². The molecule has 1 atom stereocenters. The van der Waals surface area contributed by atoms with E-state index in [1.54, 1.807) is 25.1 Å². The molecule has 7 heteroatoms. The van der Waals surface area contributed by atoms with Gasteiger partial charge in [-0.25, -0.2) is 4.98 Å². The van der Waals surface area contributed by atoms with Crippen molar-refractivity contribution in [1.82, 2.24) is 20.4 Å². The zero-order valence-electron chi connectivity index (χ0n) is 14.2. The van der Waals surface area contributed by atoms with Crippen molar-refractivity contribution in [2.45, 2.75) is 40.2 Å². The molecule has 1 N–H and O–H groups in total. The van der Waals surface area contributed by atoms with Crippen LogP contribution in [0.3, 0.4) is 0 Å². The number of hydrogen-bond acceptors (Lipinski definition) is 6. The van der Waals surface area contributed by atoms with E-state index in [4.69, 9.17) is 8.94 Å². The second-order valence-corrected chi connectivity index (χ2v) is 6.26. The molecule has 0 radical (unpaired) electrons. The Labute approximate surface area is 139 Å². The van der Waals surface area contributed by atoms with Crippen molar-refractivity contribution >= 4 is 17.0 Å². The van der Waals surface area contributed by atoms with Crippen LogP contribution in [0.25, 0.3) is 11.1 Å². The molecular weight excluding hydrogens is 308 g/mol. The van der Waals surface area contributed by atoms with Gasteiger partial charge in [-0.05, 0) is 31.0 Å². The average molecular weight is 328 g/mol. The number of aromatic nitrogens is 3. The van der Waals surface area contributed by atoms with Gasteiger partial charge in [0.1, 0.15) is 11.6 Å². The molecule has 0 saturated heterocycles. The van der Waals surface area contributed by atoms with Gasteiger partial charge in [-0.2, -0.15) is 4.98 Å². The predicted octanol–water partition coefficient (Wildman–Crippen LogP) is 3.21. The fraction of sp³-hybridized carbons (Fsp3) is 0.412. The summed E-state index contributed by atoms with van der Waals surface area (Å²) in [4.78, 5) is 20.9. The Morgan fingerprint density at radius 2 is 2.04 bits per heavy atom. The van der Waals surface area contributed by atoms with Crippen LogP contribution in [0.4, 0.5) is 0 Å². The first-order valence-electron chi connectivity index (χ1n) is 7.93. The highest BCUT2D eigenvalue weighted by atomic mass is 16.5. The predicted molar refractivity (Wildman–Crippen MR) is 87.5 cm³/mol. The molecule has 0 fully saturated rings. The number of oxazole rings is 1. The largest absolute Gasteiger partial charge is 0.441 e. The van der Waals surface area contributed by atoms with Gasteiger partial charge < -0.3 is 14.3 Å². The first-order chi connectivity index (χ1) is 11.4. The van der Waals surface area contributed by atoms with Crippen molar-refractivity contribution in [2.75, 3.05) is 0 Å². The summed E-state index contributed by atoms with van der Waals surface area (Å²) in [5.41, 5.74) is 1.81. The van der Waals surface area contributed by atoms with Crippen LogP contribution in [0.2, 0.25) is 0 Å². The summed E-state index contributed by atoms with van der Waals surface area (Å²) in [6.07, 6.45) is 0.742. The van der Waals surface area contributed by atoms with Crippen molar-refractivity contribution < 1.29 is 13.7 Å². The lowest BCUT2D eigenvalue weighted by Gasteiger charge is -2.09. The van der Waals surface area contributed by atoms with E-state index in [2.05, 4.69) is 34.3 Å². The number of aryl methyl sites for hydroxylation is 1. The molecular formula is C17H20N4O3. The van der Waals surface area contributed by atoms with Crippen molar-refractivity contribution in [3.8, 4) is 0 Å². The fourth-order valence-corrected chi connectivity index (χ4v) is 2.41. The molecule has 2 heterocycles. The summed E-state index contributed by atoms with van der Waals surface area (Å²) in [6.45, 7) is 7.75. The van der Waals surface area contributed by atoms with Gasteiger partial charge >= 0.3 is 0 Å². The minimum atomic E-state index is -0.377. The van der Waals surface area contributed by atoms with Crippen molar-refractivity contribution in [3.05, 3.63) is 41.4 Å². The van der Waals surface area contributed by atoms with Gasteiger partial charge in [0, 0.05) is 18.9 Å². The van der Waals surface area contributed by atoms with Crippen LogP contribution in [0, 0.1) is 12.8 Å². The number of amides is 1. The van der Waals surface area contributed by atoms with Crippen LogP contribution in [0.5, 0.6) is 0 Å². The summed E-state index contributed by atoms with van der Waals surface area (Å²) in [5.74, 6) is 1.83. The monoisotopic (exact) mass is 328 g/mol. The summed E-state index contributed by atoms with van der Waals surface area (Å²) in [7, 11) is 0. The highest BCUT2D eigenvalue weighted by Crippen LogP contribution is 2.18. The zero-order valence-corrected chi connectivity index (χ0v) is 14.2. The normalized spacial score (nSPS) is 12.7. The molecule has 3 rings (SSSR count). The number of hydrogen-bond donors (Lipinski definition) is 1. The van der Waals surface area contributed by atoms with E-state index in [9.17, 15) is 4.79 Å². The van der Waals surface area contributed by atoms with E-state index in [0.29, 0.717) is 34.7 Å². The summed E-state index contributed by atoms with van der Waals surface area (Å²) < 4.78 is 10.7. The summed E-state index contributed by atoms with van der Waals surface area (Å²) >= 11 is 0. The van der Waals surface area contributed by atoms with E-state index in [0.717, 1.165) is 11.9 Å². The van der Waals surface area contributed by atoms with Crippen molar-refractivity contribution in [3.63, 3.8) is 0 Å². The number of fused-ring (bicyclic) bond motifs is 1. The van der Waals surface area contributed by atoms with E-state index in [1.807, 2.05) is 6.92 Å². The third-order valence-electron chi connectivity index (χ3n) is 3.55.